The Kier molecular flexibility index (Phi) is 6.48. The number of benzene rings is 2. The zero-order valence-electron chi connectivity index (χ0n) is 15.0. The summed E-state index contributed by atoms with van der Waals surface area (Å²) in [6.45, 7) is 1.76. The van der Waals surface area contributed by atoms with E-state index in [9.17, 15) is 4.79 Å². The average molecular weight is 483 g/mol. The SMILES string of the molecule is COc1ccc(NC(=O)C(C)Sc2nnc(-c3ccccc3Br)n2N)cc1Cl. The molecule has 7 nitrogen and oxygen atoms in total. The summed E-state index contributed by atoms with van der Waals surface area (Å²) < 4.78 is 7.34. The second kappa shape index (κ2) is 8.85. The summed E-state index contributed by atoms with van der Waals surface area (Å²) in [7, 11) is 1.53. The number of nitrogens with zero attached hydrogens (tertiary/aromatic N) is 3. The molecule has 3 N–H and O–H groups in total. The first-order valence-electron chi connectivity index (χ1n) is 8.17. The highest BCUT2D eigenvalue weighted by atomic mass is 79.9. The van der Waals surface area contributed by atoms with Crippen molar-refractivity contribution in [3.05, 3.63) is 52.0 Å². The van der Waals surface area contributed by atoms with Gasteiger partial charge in [-0.2, -0.15) is 0 Å². The van der Waals surface area contributed by atoms with Gasteiger partial charge in [0, 0.05) is 15.7 Å². The van der Waals surface area contributed by atoms with E-state index in [2.05, 4.69) is 31.4 Å². The molecular weight excluding hydrogens is 466 g/mol. The van der Waals surface area contributed by atoms with Gasteiger partial charge in [-0.15, -0.1) is 10.2 Å². The molecule has 0 aliphatic rings. The number of nitrogens with one attached hydrogen (secondary N) is 1. The van der Waals surface area contributed by atoms with Crippen LogP contribution in [0.4, 0.5) is 5.69 Å². The van der Waals surface area contributed by atoms with E-state index in [0.717, 1.165) is 10.0 Å². The molecule has 0 saturated carbocycles. The maximum atomic E-state index is 12.5. The summed E-state index contributed by atoms with van der Waals surface area (Å²) >= 11 is 10.8. The molecule has 0 fully saturated rings. The molecule has 2 aromatic carbocycles. The molecule has 146 valence electrons. The molecule has 1 aromatic heterocycles. The highest BCUT2D eigenvalue weighted by Crippen LogP contribution is 2.30. The van der Waals surface area contributed by atoms with Crippen molar-refractivity contribution in [2.45, 2.75) is 17.3 Å². The van der Waals surface area contributed by atoms with Crippen molar-refractivity contribution in [1.29, 1.82) is 0 Å². The second-order valence-corrected chi connectivity index (χ2v) is 8.32. The summed E-state index contributed by atoms with van der Waals surface area (Å²) in [4.78, 5) is 12.5. The maximum absolute atomic E-state index is 12.5. The zero-order chi connectivity index (χ0) is 20.3. The molecule has 0 bridgehead atoms. The van der Waals surface area contributed by atoms with Gasteiger partial charge in [-0.1, -0.05) is 51.4 Å². The van der Waals surface area contributed by atoms with Crippen LogP contribution < -0.4 is 15.9 Å². The Labute approximate surface area is 179 Å². The fraction of sp³-hybridized carbons (Fsp3) is 0.167. The van der Waals surface area contributed by atoms with Crippen molar-refractivity contribution in [2.75, 3.05) is 18.3 Å². The van der Waals surface area contributed by atoms with Crippen molar-refractivity contribution >= 4 is 50.9 Å². The van der Waals surface area contributed by atoms with Gasteiger partial charge < -0.3 is 15.9 Å². The van der Waals surface area contributed by atoms with Crippen molar-refractivity contribution in [3.8, 4) is 17.1 Å². The molecule has 1 amide bonds. The Morgan fingerprint density at radius 2 is 2.07 bits per heavy atom. The minimum absolute atomic E-state index is 0.211. The normalized spacial score (nSPS) is 11.9. The number of halogens is 2. The number of ether oxygens (including phenoxy) is 1. The number of rotatable bonds is 6. The molecule has 1 atom stereocenters. The fourth-order valence-electron chi connectivity index (χ4n) is 2.38. The van der Waals surface area contributed by atoms with Gasteiger partial charge >= 0.3 is 0 Å². The van der Waals surface area contributed by atoms with E-state index >= 15 is 0 Å². The molecule has 10 heteroatoms. The molecule has 1 heterocycles. The summed E-state index contributed by atoms with van der Waals surface area (Å²) in [5, 5.41) is 11.5. The number of amides is 1. The predicted molar refractivity (Wildman–Crippen MR) is 115 cm³/mol. The van der Waals surface area contributed by atoms with Crippen LogP contribution in [0.25, 0.3) is 11.4 Å². The van der Waals surface area contributed by atoms with Gasteiger partial charge in [-0.25, -0.2) is 4.68 Å². The van der Waals surface area contributed by atoms with Gasteiger partial charge in [0.2, 0.25) is 11.1 Å². The highest BCUT2D eigenvalue weighted by Gasteiger charge is 2.21. The quantitative estimate of drug-likeness (QED) is 0.404. The van der Waals surface area contributed by atoms with Crippen LogP contribution in [0.1, 0.15) is 6.92 Å². The summed E-state index contributed by atoms with van der Waals surface area (Å²) in [5.41, 5.74) is 1.39. The molecule has 0 saturated heterocycles. The van der Waals surface area contributed by atoms with Crippen molar-refractivity contribution in [2.24, 2.45) is 0 Å². The summed E-state index contributed by atoms with van der Waals surface area (Å²) in [6, 6.07) is 12.6. The highest BCUT2D eigenvalue weighted by molar-refractivity contribution is 9.10. The molecule has 0 spiro atoms. The van der Waals surface area contributed by atoms with E-state index in [4.69, 9.17) is 22.2 Å². The Morgan fingerprint density at radius 1 is 1.32 bits per heavy atom. The lowest BCUT2D eigenvalue weighted by molar-refractivity contribution is -0.115. The molecular formula is C18H17BrClN5O2S. The van der Waals surface area contributed by atoms with Gasteiger partial charge in [0.15, 0.2) is 5.82 Å². The van der Waals surface area contributed by atoms with Crippen LogP contribution >= 0.6 is 39.3 Å². The smallest absolute Gasteiger partial charge is 0.237 e. The number of hydrogen-bond acceptors (Lipinski definition) is 6. The van der Waals surface area contributed by atoms with E-state index in [1.165, 1.54) is 23.5 Å². The van der Waals surface area contributed by atoms with Crippen molar-refractivity contribution in [1.82, 2.24) is 14.9 Å². The average Bonchev–Trinajstić information content (AvgIpc) is 3.02. The lowest BCUT2D eigenvalue weighted by Gasteiger charge is -2.12. The van der Waals surface area contributed by atoms with E-state index in [1.54, 1.807) is 25.1 Å². The van der Waals surface area contributed by atoms with E-state index < -0.39 is 5.25 Å². The topological polar surface area (TPSA) is 95.1 Å². The van der Waals surface area contributed by atoms with Crippen LogP contribution in [0.3, 0.4) is 0 Å². The van der Waals surface area contributed by atoms with Crippen molar-refractivity contribution in [3.63, 3.8) is 0 Å². The van der Waals surface area contributed by atoms with Crippen LogP contribution in [-0.4, -0.2) is 33.1 Å². The van der Waals surface area contributed by atoms with E-state index in [1.807, 2.05) is 24.3 Å². The molecule has 28 heavy (non-hydrogen) atoms. The lowest BCUT2D eigenvalue weighted by Crippen LogP contribution is -2.23. The van der Waals surface area contributed by atoms with Gasteiger partial charge in [0.25, 0.3) is 0 Å². The molecule has 3 rings (SSSR count). The second-order valence-electron chi connectivity index (χ2n) is 5.75. The maximum Gasteiger partial charge on any atom is 0.237 e. The van der Waals surface area contributed by atoms with Gasteiger partial charge in [-0.05, 0) is 37.3 Å². The van der Waals surface area contributed by atoms with E-state index in [-0.39, 0.29) is 5.91 Å². The standard InChI is InChI=1S/C18H17BrClN5O2S/c1-10(17(26)22-11-7-8-15(27-2)14(20)9-11)28-18-24-23-16(25(18)21)12-5-3-4-6-13(12)19/h3-10H,21H2,1-2H3,(H,22,26). The van der Waals surface area contributed by atoms with Crippen LogP contribution in [0.5, 0.6) is 5.75 Å². The molecule has 0 radical (unpaired) electrons. The van der Waals surface area contributed by atoms with Crippen LogP contribution in [0.2, 0.25) is 5.02 Å². The monoisotopic (exact) mass is 481 g/mol. The third-order valence-corrected chi connectivity index (χ3v) is 5.89. The minimum Gasteiger partial charge on any atom is -0.495 e. The van der Waals surface area contributed by atoms with Crippen LogP contribution in [0.15, 0.2) is 52.1 Å². The predicted octanol–water partition coefficient (Wildman–Crippen LogP) is 4.20. The van der Waals surface area contributed by atoms with Gasteiger partial charge in [0.1, 0.15) is 5.75 Å². The van der Waals surface area contributed by atoms with Gasteiger partial charge in [0.05, 0.1) is 17.4 Å². The fourth-order valence-corrected chi connectivity index (χ4v) is 3.87. The molecule has 1 unspecified atom stereocenters. The first-order valence-corrected chi connectivity index (χ1v) is 10.2. The zero-order valence-corrected chi connectivity index (χ0v) is 18.2. The Bertz CT molecular complexity index is 1010. The molecule has 0 aliphatic carbocycles. The number of hydrogen-bond donors (Lipinski definition) is 2. The largest absolute Gasteiger partial charge is 0.495 e. The summed E-state index contributed by atoms with van der Waals surface area (Å²) in [5.74, 6) is 6.98. The third kappa shape index (κ3) is 4.43. The number of carbonyl (C=O) groups excluding carboxylic acids is 1. The third-order valence-electron chi connectivity index (χ3n) is 3.85. The number of thioether (sulfide) groups is 1. The van der Waals surface area contributed by atoms with Crippen molar-refractivity contribution < 1.29 is 9.53 Å². The first kappa shape index (κ1) is 20.5. The Hall–Kier alpha value is -2.23. The Morgan fingerprint density at radius 3 is 2.75 bits per heavy atom. The lowest BCUT2D eigenvalue weighted by atomic mass is 10.2. The number of aromatic nitrogens is 3. The van der Waals surface area contributed by atoms with E-state index in [0.29, 0.717) is 27.4 Å². The van der Waals surface area contributed by atoms with Gasteiger partial charge in [-0.3, -0.25) is 4.79 Å². The number of anilines is 1. The minimum atomic E-state index is -0.459. The Balaban J connectivity index is 1.71. The number of carbonyl (C=O) groups is 1. The molecule has 3 aromatic rings. The van der Waals surface area contributed by atoms with Crippen LogP contribution in [-0.2, 0) is 4.79 Å². The number of nitrogens with two attached hydrogens (primary N) is 1. The summed E-state index contributed by atoms with van der Waals surface area (Å²) in [6.07, 6.45) is 0. The molecule has 0 aliphatic heterocycles. The number of nitrogen functional groups attached to an aromatic ring is 1. The number of methoxy groups -OCH3 is 1. The first-order chi connectivity index (χ1) is 13.4. The van der Waals surface area contributed by atoms with Crippen LogP contribution in [0, 0.1) is 0 Å².